The minimum atomic E-state index is 0.342. The second-order valence-corrected chi connectivity index (χ2v) is 9.05. The molecule has 4 rings (SSSR count). The zero-order valence-electron chi connectivity index (χ0n) is 15.0. The molecule has 0 aromatic rings. The molecule has 0 radical (unpaired) electrons. The topological polar surface area (TPSA) is 40.9 Å². The van der Waals surface area contributed by atoms with Crippen LogP contribution >= 0.6 is 0 Å². The molecule has 2 heteroatoms. The van der Waals surface area contributed by atoms with Crippen LogP contribution in [0.5, 0.6) is 0 Å². The van der Waals surface area contributed by atoms with E-state index in [1.807, 2.05) is 13.0 Å². The summed E-state index contributed by atoms with van der Waals surface area (Å²) in [5.74, 6) is 2.11. The maximum absolute atomic E-state index is 11.2. The van der Waals surface area contributed by atoms with E-state index in [2.05, 4.69) is 13.8 Å². The van der Waals surface area contributed by atoms with Gasteiger partial charge in [0, 0.05) is 17.0 Å². The molecule has 4 aliphatic rings. The molecule has 0 amide bonds. The van der Waals surface area contributed by atoms with Crippen LogP contribution in [0.3, 0.4) is 0 Å². The van der Waals surface area contributed by atoms with E-state index in [0.717, 1.165) is 30.3 Å². The van der Waals surface area contributed by atoms with Gasteiger partial charge in [0.2, 0.25) is 0 Å². The lowest BCUT2D eigenvalue weighted by atomic mass is 9.59. The summed E-state index contributed by atoms with van der Waals surface area (Å²) in [4.78, 5) is 11.2. The van der Waals surface area contributed by atoms with Crippen LogP contribution in [0.25, 0.3) is 0 Å². The molecular formula is C21H31NO. The molecule has 0 aromatic carbocycles. The maximum atomic E-state index is 11.2. The third-order valence-corrected chi connectivity index (χ3v) is 8.71. The van der Waals surface area contributed by atoms with E-state index in [1.165, 1.54) is 50.5 Å². The number of allylic oxidation sites excluding steroid dienone is 2. The zero-order valence-corrected chi connectivity index (χ0v) is 15.0. The van der Waals surface area contributed by atoms with Crippen LogP contribution in [-0.2, 0) is 4.79 Å². The van der Waals surface area contributed by atoms with Crippen LogP contribution in [0.15, 0.2) is 11.6 Å². The Balaban J connectivity index is 1.78. The fourth-order valence-electron chi connectivity index (χ4n) is 8.31. The van der Waals surface area contributed by atoms with Gasteiger partial charge in [-0.3, -0.25) is 4.79 Å². The quantitative estimate of drug-likeness (QED) is 0.434. The van der Waals surface area contributed by atoms with E-state index in [4.69, 9.17) is 5.41 Å². The van der Waals surface area contributed by atoms with Gasteiger partial charge in [-0.15, -0.1) is 0 Å². The third-order valence-electron chi connectivity index (χ3n) is 8.71. The highest BCUT2D eigenvalue weighted by molar-refractivity contribution is 5.82. The molecule has 0 bridgehead atoms. The van der Waals surface area contributed by atoms with Gasteiger partial charge in [-0.05, 0) is 80.6 Å². The second kappa shape index (κ2) is 4.80. The van der Waals surface area contributed by atoms with E-state index in [-0.39, 0.29) is 0 Å². The average molecular weight is 313 g/mol. The number of rotatable bonds is 4. The highest BCUT2D eigenvalue weighted by Crippen LogP contribution is 2.90. The number of hydrogen-bond donors (Lipinski definition) is 1. The summed E-state index contributed by atoms with van der Waals surface area (Å²) in [6.07, 6.45) is 13.1. The number of nitrogens with one attached hydrogen (secondary N) is 1. The maximum Gasteiger partial charge on any atom is 0.142 e. The summed E-state index contributed by atoms with van der Waals surface area (Å²) in [5, 5.41) is 8.28. The number of carbonyl (C=O) groups is 1. The molecule has 1 spiro atoms. The van der Waals surface area contributed by atoms with Crippen molar-refractivity contribution in [3.63, 3.8) is 0 Å². The Morgan fingerprint density at radius 2 is 2.04 bits per heavy atom. The number of aldehydes is 1. The Morgan fingerprint density at radius 3 is 2.70 bits per heavy atom. The van der Waals surface area contributed by atoms with E-state index in [1.54, 1.807) is 0 Å². The fourth-order valence-corrected chi connectivity index (χ4v) is 8.31. The van der Waals surface area contributed by atoms with Crippen LogP contribution in [-0.4, -0.2) is 12.0 Å². The van der Waals surface area contributed by atoms with Crippen LogP contribution in [0.4, 0.5) is 0 Å². The molecule has 4 saturated carbocycles. The SMILES string of the molecule is CCCC12/C(=C\C=O)CCC13C1CCC(C(C)=N)C1(C)CCC23. The number of hydrogen-bond acceptors (Lipinski definition) is 2. The fraction of sp³-hybridized carbons (Fsp3) is 0.810. The van der Waals surface area contributed by atoms with E-state index < -0.39 is 0 Å². The van der Waals surface area contributed by atoms with Gasteiger partial charge in [0.15, 0.2) is 0 Å². The van der Waals surface area contributed by atoms with E-state index in [9.17, 15) is 4.79 Å². The van der Waals surface area contributed by atoms with Gasteiger partial charge in [0.1, 0.15) is 6.29 Å². The van der Waals surface area contributed by atoms with Crippen LogP contribution in [0.1, 0.15) is 72.1 Å². The summed E-state index contributed by atoms with van der Waals surface area (Å²) in [7, 11) is 0. The Kier molecular flexibility index (Phi) is 3.26. The Bertz CT molecular complexity index is 593. The van der Waals surface area contributed by atoms with Gasteiger partial charge >= 0.3 is 0 Å². The average Bonchev–Trinajstić information content (AvgIpc) is 2.76. The number of fused-ring (bicyclic) bond motifs is 2. The molecule has 4 fully saturated rings. The molecular weight excluding hydrogens is 282 g/mol. The van der Waals surface area contributed by atoms with Crippen molar-refractivity contribution in [2.24, 2.45) is 34.0 Å². The first kappa shape index (κ1) is 15.6. The molecule has 0 aromatic heterocycles. The molecule has 1 N–H and O–H groups in total. The predicted molar refractivity (Wildman–Crippen MR) is 93.6 cm³/mol. The van der Waals surface area contributed by atoms with Gasteiger partial charge in [-0.2, -0.15) is 0 Å². The predicted octanol–water partition coefficient (Wildman–Crippen LogP) is 5.17. The molecule has 2 nitrogen and oxygen atoms in total. The molecule has 4 aliphatic carbocycles. The lowest BCUT2D eigenvalue weighted by Crippen LogP contribution is -2.40. The van der Waals surface area contributed by atoms with Gasteiger partial charge in [-0.1, -0.05) is 25.8 Å². The van der Waals surface area contributed by atoms with Gasteiger partial charge in [0.25, 0.3) is 0 Å². The summed E-state index contributed by atoms with van der Waals surface area (Å²) in [6, 6.07) is 0. The van der Waals surface area contributed by atoms with Crippen molar-refractivity contribution in [3.05, 3.63) is 11.6 Å². The number of carbonyl (C=O) groups excluding carboxylic acids is 1. The van der Waals surface area contributed by atoms with Crippen molar-refractivity contribution in [2.45, 2.75) is 72.1 Å². The lowest BCUT2D eigenvalue weighted by Gasteiger charge is -2.45. The Labute approximate surface area is 140 Å². The van der Waals surface area contributed by atoms with Crippen molar-refractivity contribution in [1.82, 2.24) is 0 Å². The smallest absolute Gasteiger partial charge is 0.142 e. The Morgan fingerprint density at radius 1 is 1.26 bits per heavy atom. The summed E-state index contributed by atoms with van der Waals surface area (Å²) < 4.78 is 0. The van der Waals surface area contributed by atoms with Crippen LogP contribution < -0.4 is 0 Å². The third kappa shape index (κ3) is 1.56. The van der Waals surface area contributed by atoms with Crippen molar-refractivity contribution in [1.29, 1.82) is 5.41 Å². The largest absolute Gasteiger partial charge is 0.310 e. The second-order valence-electron chi connectivity index (χ2n) is 9.05. The molecule has 6 unspecified atom stereocenters. The van der Waals surface area contributed by atoms with Gasteiger partial charge in [0.05, 0.1) is 0 Å². The van der Waals surface area contributed by atoms with E-state index >= 15 is 0 Å². The molecule has 0 aliphatic heterocycles. The normalized spacial score (nSPS) is 52.0. The van der Waals surface area contributed by atoms with Gasteiger partial charge in [-0.25, -0.2) is 0 Å². The molecule has 126 valence electrons. The highest BCUT2D eigenvalue weighted by atomic mass is 16.1. The standard InChI is InChI=1S/C21H31NO/c1-4-10-20-15(9-13-23)7-12-21(20)17-6-5-16(14(2)22)19(17,3)11-8-18(20)21/h9,13,16-18,22H,4-8,10-12H2,1-3H3/b15-9-,22-14?. The van der Waals surface area contributed by atoms with Crippen LogP contribution in [0, 0.1) is 39.4 Å². The first-order valence-electron chi connectivity index (χ1n) is 9.69. The lowest BCUT2D eigenvalue weighted by molar-refractivity contribution is -0.104. The molecule has 23 heavy (non-hydrogen) atoms. The van der Waals surface area contributed by atoms with Crippen molar-refractivity contribution >= 4 is 12.0 Å². The monoisotopic (exact) mass is 313 g/mol. The van der Waals surface area contributed by atoms with E-state index in [0.29, 0.717) is 22.2 Å². The Hall–Kier alpha value is -0.920. The van der Waals surface area contributed by atoms with Crippen molar-refractivity contribution < 1.29 is 4.79 Å². The molecule has 6 atom stereocenters. The highest BCUT2D eigenvalue weighted by Gasteiger charge is 2.84. The first-order chi connectivity index (χ1) is 11.0. The molecule has 0 saturated heterocycles. The summed E-state index contributed by atoms with van der Waals surface area (Å²) >= 11 is 0. The minimum absolute atomic E-state index is 0.342. The summed E-state index contributed by atoms with van der Waals surface area (Å²) in [6.45, 7) is 6.83. The first-order valence-corrected chi connectivity index (χ1v) is 9.69. The van der Waals surface area contributed by atoms with Crippen LogP contribution in [0.2, 0.25) is 0 Å². The van der Waals surface area contributed by atoms with Crippen molar-refractivity contribution in [3.8, 4) is 0 Å². The van der Waals surface area contributed by atoms with Crippen molar-refractivity contribution in [2.75, 3.05) is 0 Å². The molecule has 0 heterocycles. The zero-order chi connectivity index (χ0) is 16.5. The summed E-state index contributed by atoms with van der Waals surface area (Å²) in [5.41, 5.74) is 3.58. The van der Waals surface area contributed by atoms with Gasteiger partial charge < -0.3 is 5.41 Å². The minimum Gasteiger partial charge on any atom is -0.310 e.